The zero-order valence-corrected chi connectivity index (χ0v) is 20.8. The minimum absolute atomic E-state index is 0.155. The lowest BCUT2D eigenvalue weighted by Crippen LogP contribution is -2.38. The van der Waals surface area contributed by atoms with Crippen molar-refractivity contribution in [3.05, 3.63) is 86.6 Å². The smallest absolute Gasteiger partial charge is 0.270 e. The van der Waals surface area contributed by atoms with Crippen LogP contribution in [0.2, 0.25) is 0 Å². The summed E-state index contributed by atoms with van der Waals surface area (Å²) in [5, 5.41) is 4.76. The van der Waals surface area contributed by atoms with E-state index < -0.39 is 15.8 Å². The highest BCUT2D eigenvalue weighted by atomic mass is 32.2. The van der Waals surface area contributed by atoms with Crippen molar-refractivity contribution in [2.24, 2.45) is 0 Å². The molecule has 0 radical (unpaired) electrons. The summed E-state index contributed by atoms with van der Waals surface area (Å²) in [4.78, 5) is 13.2. The Morgan fingerprint density at radius 1 is 1.00 bits per heavy atom. The van der Waals surface area contributed by atoms with E-state index >= 15 is 0 Å². The van der Waals surface area contributed by atoms with Crippen LogP contribution in [0.3, 0.4) is 0 Å². The molecule has 9 heteroatoms. The average Bonchev–Trinajstić information content (AvgIpc) is 3.32. The largest absolute Gasteiger partial charge is 0.493 e. The second-order valence-electron chi connectivity index (χ2n) is 7.86. The molecule has 3 aromatic rings. The number of thiophene rings is 1. The molecular weight excluding hydrogens is 472 g/mol. The van der Waals surface area contributed by atoms with E-state index in [4.69, 9.17) is 9.47 Å². The Labute approximate surface area is 203 Å². The van der Waals surface area contributed by atoms with Gasteiger partial charge >= 0.3 is 0 Å². The van der Waals surface area contributed by atoms with Crippen molar-refractivity contribution in [3.63, 3.8) is 0 Å². The summed E-state index contributed by atoms with van der Waals surface area (Å²) in [6.45, 7) is 2.57. The van der Waals surface area contributed by atoms with Gasteiger partial charge in [0, 0.05) is 12.7 Å². The minimum Gasteiger partial charge on any atom is -0.493 e. The van der Waals surface area contributed by atoms with Gasteiger partial charge in [-0.2, -0.15) is 0 Å². The monoisotopic (exact) mass is 498 g/mol. The highest BCUT2D eigenvalue weighted by Crippen LogP contribution is 2.39. The van der Waals surface area contributed by atoms with E-state index in [0.29, 0.717) is 35.0 Å². The number of rotatable bonds is 8. The minimum atomic E-state index is -4.02. The van der Waals surface area contributed by atoms with E-state index in [0.717, 1.165) is 16.7 Å². The van der Waals surface area contributed by atoms with Crippen LogP contribution in [0, 0.1) is 6.92 Å². The van der Waals surface area contributed by atoms with Crippen LogP contribution >= 0.6 is 11.3 Å². The first kappa shape index (κ1) is 23.8. The number of ether oxygens (including phenoxy) is 2. The van der Waals surface area contributed by atoms with Gasteiger partial charge in [0.05, 0.1) is 26.5 Å². The van der Waals surface area contributed by atoms with E-state index in [1.165, 1.54) is 21.8 Å². The Bertz CT molecular complexity index is 1330. The maximum atomic E-state index is 13.4. The highest BCUT2D eigenvalue weighted by molar-refractivity contribution is 7.97. The molecular formula is C25H26N2O5S2. The molecule has 0 aliphatic carbocycles. The van der Waals surface area contributed by atoms with E-state index in [2.05, 4.69) is 5.32 Å². The lowest BCUT2D eigenvalue weighted by atomic mass is 10.1. The van der Waals surface area contributed by atoms with Crippen molar-refractivity contribution in [1.29, 1.82) is 0 Å². The lowest BCUT2D eigenvalue weighted by Gasteiger charge is -2.29. The maximum Gasteiger partial charge on any atom is 0.270 e. The molecule has 0 spiro atoms. The van der Waals surface area contributed by atoms with Crippen LogP contribution in [0.25, 0.3) is 0 Å². The number of carbonyl (C=O) groups excluding carboxylic acids is 1. The molecule has 1 aliphatic heterocycles. The number of allylic oxidation sites excluding steroid dienone is 1. The van der Waals surface area contributed by atoms with Crippen LogP contribution in [-0.4, -0.2) is 35.0 Å². The Morgan fingerprint density at radius 3 is 2.41 bits per heavy atom. The van der Waals surface area contributed by atoms with Gasteiger partial charge in [0.25, 0.3) is 10.0 Å². The Kier molecular flexibility index (Phi) is 6.95. The molecule has 178 valence electrons. The molecule has 0 atom stereocenters. The number of benzene rings is 2. The number of aryl methyl sites for hydroxylation is 1. The third-order valence-electron chi connectivity index (χ3n) is 5.60. The second kappa shape index (κ2) is 9.90. The van der Waals surface area contributed by atoms with Gasteiger partial charge in [0.1, 0.15) is 4.88 Å². The summed E-state index contributed by atoms with van der Waals surface area (Å²) in [5.41, 5.74) is 3.36. The molecule has 0 saturated carbocycles. The van der Waals surface area contributed by atoms with Crippen molar-refractivity contribution in [2.45, 2.75) is 19.9 Å². The van der Waals surface area contributed by atoms with Crippen molar-refractivity contribution < 1.29 is 22.7 Å². The molecule has 0 saturated heterocycles. The fraction of sp³-hybridized carbons (Fsp3) is 0.240. The van der Waals surface area contributed by atoms with Gasteiger partial charge in [-0.25, -0.2) is 8.42 Å². The van der Waals surface area contributed by atoms with Crippen LogP contribution < -0.4 is 19.1 Å². The van der Waals surface area contributed by atoms with Crippen molar-refractivity contribution in [3.8, 4) is 11.5 Å². The SMILES string of the molecule is COc1ccc(CCNC=C2C(=O)c3sccc3N(Cc3ccc(C)cc3)S2(=O)=O)cc1OC. The number of nitrogens with zero attached hydrogens (tertiary/aromatic N) is 1. The number of sulfonamides is 1. The predicted octanol–water partition coefficient (Wildman–Crippen LogP) is 4.28. The fourth-order valence-corrected chi connectivity index (χ4v) is 6.24. The summed E-state index contributed by atoms with van der Waals surface area (Å²) in [6.07, 6.45) is 1.93. The van der Waals surface area contributed by atoms with Crippen molar-refractivity contribution >= 4 is 32.8 Å². The molecule has 2 heterocycles. The van der Waals surface area contributed by atoms with Crippen molar-refractivity contribution in [1.82, 2.24) is 5.32 Å². The number of nitrogens with one attached hydrogen (secondary N) is 1. The molecule has 0 bridgehead atoms. The molecule has 34 heavy (non-hydrogen) atoms. The number of hydrogen-bond donors (Lipinski definition) is 1. The molecule has 4 rings (SSSR count). The highest BCUT2D eigenvalue weighted by Gasteiger charge is 2.41. The van der Waals surface area contributed by atoms with Crippen LogP contribution in [0.1, 0.15) is 26.4 Å². The van der Waals surface area contributed by atoms with Gasteiger partial charge < -0.3 is 14.8 Å². The molecule has 0 amide bonds. The third kappa shape index (κ3) is 4.67. The molecule has 0 fully saturated rings. The normalized spacial score (nSPS) is 15.8. The summed E-state index contributed by atoms with van der Waals surface area (Å²) in [7, 11) is -0.866. The number of hydrogen-bond acceptors (Lipinski definition) is 7. The van der Waals surface area contributed by atoms with Crippen LogP contribution in [0.5, 0.6) is 11.5 Å². The predicted molar refractivity (Wildman–Crippen MR) is 134 cm³/mol. The topological polar surface area (TPSA) is 84.9 Å². The summed E-state index contributed by atoms with van der Waals surface area (Å²) >= 11 is 1.25. The Morgan fingerprint density at radius 2 is 1.71 bits per heavy atom. The zero-order valence-electron chi connectivity index (χ0n) is 19.2. The number of methoxy groups -OCH3 is 2. The molecule has 7 nitrogen and oxygen atoms in total. The first-order valence-corrected chi connectivity index (χ1v) is 13.0. The van der Waals surface area contributed by atoms with E-state index in [-0.39, 0.29) is 11.4 Å². The number of carbonyl (C=O) groups is 1. The molecule has 2 aromatic carbocycles. The molecule has 0 unspecified atom stereocenters. The van der Waals surface area contributed by atoms with Crippen LogP contribution in [0.4, 0.5) is 5.69 Å². The Hall–Kier alpha value is -3.30. The average molecular weight is 499 g/mol. The number of Topliss-reactive ketones (excluding diaryl/α,β-unsaturated/α-hetero) is 1. The van der Waals surface area contributed by atoms with Gasteiger partial charge in [-0.3, -0.25) is 9.10 Å². The first-order chi connectivity index (χ1) is 16.3. The van der Waals surface area contributed by atoms with E-state index in [1.54, 1.807) is 25.7 Å². The number of anilines is 1. The summed E-state index contributed by atoms with van der Waals surface area (Å²) in [5.74, 6) is 0.782. The Balaban J connectivity index is 1.54. The summed E-state index contributed by atoms with van der Waals surface area (Å²) in [6, 6.07) is 15.0. The lowest BCUT2D eigenvalue weighted by molar-refractivity contribution is 0.104. The standard InChI is InChI=1S/C25H26N2O5S2/c1-17-4-6-19(7-5-17)16-27-20-11-13-33-25(20)24(28)23(34(27,29)30)15-26-12-10-18-8-9-21(31-2)22(14-18)32-3/h4-9,11,13-15,26H,10,12,16H2,1-3H3. The molecule has 1 N–H and O–H groups in total. The van der Waals surface area contributed by atoms with Crippen LogP contribution in [-0.2, 0) is 23.0 Å². The third-order valence-corrected chi connectivity index (χ3v) is 8.26. The van der Waals surface area contributed by atoms with Gasteiger partial charge in [-0.05, 0) is 48.1 Å². The second-order valence-corrected chi connectivity index (χ2v) is 10.6. The quantitative estimate of drug-likeness (QED) is 0.369. The maximum absolute atomic E-state index is 13.4. The molecule has 1 aliphatic rings. The van der Waals surface area contributed by atoms with Gasteiger partial charge in [-0.15, -0.1) is 11.3 Å². The van der Waals surface area contributed by atoms with Crippen LogP contribution in [0.15, 0.2) is 65.0 Å². The number of fused-ring (bicyclic) bond motifs is 1. The van der Waals surface area contributed by atoms with E-state index in [1.807, 2.05) is 49.4 Å². The van der Waals surface area contributed by atoms with Gasteiger partial charge in [0.2, 0.25) is 5.78 Å². The molecule has 1 aromatic heterocycles. The van der Waals surface area contributed by atoms with Gasteiger partial charge in [0.15, 0.2) is 16.4 Å². The fourth-order valence-electron chi connectivity index (χ4n) is 3.73. The van der Waals surface area contributed by atoms with Gasteiger partial charge in [-0.1, -0.05) is 35.9 Å². The zero-order chi connectivity index (χ0) is 24.3. The first-order valence-electron chi connectivity index (χ1n) is 10.7. The van der Waals surface area contributed by atoms with Crippen molar-refractivity contribution in [2.75, 3.05) is 25.1 Å². The summed E-state index contributed by atoms with van der Waals surface area (Å²) < 4.78 is 38.8. The number of ketones is 1. The van der Waals surface area contributed by atoms with E-state index in [9.17, 15) is 13.2 Å².